The number of hydrogen-bond donors (Lipinski definition) is 0. The lowest BCUT2D eigenvalue weighted by Crippen LogP contribution is -2.06. The number of nitrogens with zero attached hydrogens (tertiary/aromatic N) is 2. The monoisotopic (exact) mass is 472 g/mol. The van der Waals surface area contributed by atoms with Gasteiger partial charge < -0.3 is 0 Å². The minimum Gasteiger partial charge on any atom is -0.265 e. The van der Waals surface area contributed by atoms with Crippen LogP contribution in [0.15, 0.2) is 73.3 Å². The van der Waals surface area contributed by atoms with E-state index in [9.17, 15) is 0 Å². The Hall–Kier alpha value is -3.26. The number of aromatic nitrogens is 2. The highest BCUT2D eigenvalue weighted by Crippen LogP contribution is 2.46. The Balaban J connectivity index is 1.36. The molecule has 2 heterocycles. The third kappa shape index (κ3) is 4.17. The summed E-state index contributed by atoms with van der Waals surface area (Å²) in [6.07, 6.45) is 15.1. The van der Waals surface area contributed by atoms with Crippen molar-refractivity contribution < 1.29 is 0 Å². The number of hydrogen-bond acceptors (Lipinski definition) is 2. The first-order valence-electron chi connectivity index (χ1n) is 13.7. The van der Waals surface area contributed by atoms with Crippen LogP contribution >= 0.6 is 0 Å². The molecule has 0 aliphatic heterocycles. The zero-order valence-electron chi connectivity index (χ0n) is 21.8. The smallest absolute Gasteiger partial charge is 0.0273 e. The lowest BCUT2D eigenvalue weighted by molar-refractivity contribution is 0.555. The van der Waals surface area contributed by atoms with Crippen molar-refractivity contribution in [2.24, 2.45) is 0 Å². The minimum absolute atomic E-state index is 0.504. The largest absolute Gasteiger partial charge is 0.265 e. The highest BCUT2D eigenvalue weighted by molar-refractivity contribution is 5.74. The predicted molar refractivity (Wildman–Crippen MR) is 150 cm³/mol. The van der Waals surface area contributed by atoms with Crippen molar-refractivity contribution in [3.8, 4) is 22.3 Å². The van der Waals surface area contributed by atoms with E-state index in [1.165, 1.54) is 71.9 Å². The van der Waals surface area contributed by atoms with Gasteiger partial charge in [0.15, 0.2) is 0 Å². The van der Waals surface area contributed by atoms with Gasteiger partial charge in [0.25, 0.3) is 0 Å². The van der Waals surface area contributed by atoms with Gasteiger partial charge in [0.2, 0.25) is 0 Å². The van der Waals surface area contributed by atoms with Gasteiger partial charge in [0.05, 0.1) is 0 Å². The van der Waals surface area contributed by atoms with E-state index in [1.54, 1.807) is 22.3 Å². The van der Waals surface area contributed by atoms with Gasteiger partial charge >= 0.3 is 0 Å². The van der Waals surface area contributed by atoms with Crippen LogP contribution < -0.4 is 0 Å². The Morgan fingerprint density at radius 1 is 0.750 bits per heavy atom. The zero-order valence-corrected chi connectivity index (χ0v) is 21.8. The lowest BCUT2D eigenvalue weighted by Gasteiger charge is -2.24. The van der Waals surface area contributed by atoms with E-state index in [4.69, 9.17) is 0 Å². The Kier molecular flexibility index (Phi) is 6.21. The molecule has 0 amide bonds. The number of fused-ring (bicyclic) bond motifs is 2. The fourth-order valence-electron chi connectivity index (χ4n) is 6.77. The zero-order chi connectivity index (χ0) is 24.6. The van der Waals surface area contributed by atoms with Gasteiger partial charge in [-0.2, -0.15) is 0 Å². The molecular weight excluding hydrogens is 436 g/mol. The summed E-state index contributed by atoms with van der Waals surface area (Å²) >= 11 is 0. The molecule has 6 rings (SSSR count). The van der Waals surface area contributed by atoms with E-state index in [-0.39, 0.29) is 0 Å². The first-order chi connectivity index (χ1) is 17.6. The molecule has 2 unspecified atom stereocenters. The van der Waals surface area contributed by atoms with Crippen LogP contribution in [0, 0.1) is 0 Å². The summed E-state index contributed by atoms with van der Waals surface area (Å²) in [6, 6.07) is 18.6. The van der Waals surface area contributed by atoms with E-state index < -0.39 is 0 Å². The van der Waals surface area contributed by atoms with Crippen LogP contribution in [-0.4, -0.2) is 9.97 Å². The van der Waals surface area contributed by atoms with Crippen LogP contribution in [0.3, 0.4) is 0 Å². The molecule has 0 bridgehead atoms. The van der Waals surface area contributed by atoms with E-state index >= 15 is 0 Å². The van der Waals surface area contributed by atoms with Gasteiger partial charge in [-0.15, -0.1) is 0 Å². The van der Waals surface area contributed by atoms with Gasteiger partial charge in [0.1, 0.15) is 0 Å². The van der Waals surface area contributed by atoms with Crippen LogP contribution in [-0.2, 0) is 19.3 Å². The van der Waals surface area contributed by atoms with Gasteiger partial charge in [-0.25, -0.2) is 0 Å². The Morgan fingerprint density at radius 2 is 1.47 bits per heavy atom. The van der Waals surface area contributed by atoms with E-state index in [0.717, 1.165) is 0 Å². The maximum atomic E-state index is 4.30. The molecule has 2 nitrogen and oxygen atoms in total. The van der Waals surface area contributed by atoms with Crippen LogP contribution in [0.2, 0.25) is 0 Å². The normalized spacial score (nSPS) is 17.3. The molecule has 0 spiro atoms. The highest BCUT2D eigenvalue weighted by Gasteiger charge is 2.29. The fraction of sp³-hybridized carbons (Fsp3) is 0.353. The fourth-order valence-corrected chi connectivity index (χ4v) is 6.77. The quantitative estimate of drug-likeness (QED) is 0.281. The van der Waals surface area contributed by atoms with Crippen molar-refractivity contribution in [3.05, 3.63) is 107 Å². The molecule has 182 valence electrons. The lowest BCUT2D eigenvalue weighted by atomic mass is 9.80. The minimum atomic E-state index is 0.504. The Morgan fingerprint density at radius 3 is 2.19 bits per heavy atom. The molecular formula is C34H36N2. The molecule has 2 aromatic heterocycles. The SMILES string of the molecule is CC(C)c1cc2c(cc1-c1ccncc1)C(CC(C)c1ccc3c(c1-c1ccncc1)CCC3)CC2. The molecule has 2 heteroatoms. The topological polar surface area (TPSA) is 25.8 Å². The molecule has 0 saturated heterocycles. The number of rotatable bonds is 6. The summed E-state index contributed by atoms with van der Waals surface area (Å²) in [6.45, 7) is 7.08. The third-order valence-electron chi connectivity index (χ3n) is 8.58. The van der Waals surface area contributed by atoms with E-state index in [1.807, 2.05) is 24.8 Å². The van der Waals surface area contributed by atoms with Gasteiger partial charge in [0, 0.05) is 24.8 Å². The maximum Gasteiger partial charge on any atom is 0.0273 e. The predicted octanol–water partition coefficient (Wildman–Crippen LogP) is 8.65. The summed E-state index contributed by atoms with van der Waals surface area (Å²) in [7, 11) is 0. The van der Waals surface area contributed by atoms with Crippen molar-refractivity contribution in [1.29, 1.82) is 0 Å². The molecule has 2 aliphatic rings. The average Bonchev–Trinajstić information content (AvgIpc) is 3.55. The summed E-state index contributed by atoms with van der Waals surface area (Å²) in [5.74, 6) is 1.62. The molecule has 2 atom stereocenters. The molecule has 0 fully saturated rings. The van der Waals surface area contributed by atoms with Gasteiger partial charge in [-0.3, -0.25) is 9.97 Å². The maximum absolute atomic E-state index is 4.30. The van der Waals surface area contributed by atoms with Crippen molar-refractivity contribution in [1.82, 2.24) is 9.97 Å². The van der Waals surface area contributed by atoms with Crippen molar-refractivity contribution in [3.63, 3.8) is 0 Å². The van der Waals surface area contributed by atoms with Crippen molar-refractivity contribution in [2.75, 3.05) is 0 Å². The third-order valence-corrected chi connectivity index (χ3v) is 8.58. The van der Waals surface area contributed by atoms with Crippen LogP contribution in [0.4, 0.5) is 0 Å². The second-order valence-electron chi connectivity index (χ2n) is 11.2. The molecule has 4 aromatic rings. The average molecular weight is 473 g/mol. The van der Waals surface area contributed by atoms with Gasteiger partial charge in [-0.05, 0) is 136 Å². The summed E-state index contributed by atoms with van der Waals surface area (Å²) in [5, 5.41) is 0. The highest BCUT2D eigenvalue weighted by atomic mass is 14.6. The van der Waals surface area contributed by atoms with Gasteiger partial charge in [-0.1, -0.05) is 45.0 Å². The number of aryl methyl sites for hydroxylation is 2. The molecule has 0 radical (unpaired) electrons. The second kappa shape index (κ2) is 9.65. The molecule has 2 aromatic carbocycles. The Bertz CT molecular complexity index is 1370. The molecule has 2 aliphatic carbocycles. The summed E-state index contributed by atoms with van der Waals surface area (Å²) < 4.78 is 0. The van der Waals surface area contributed by atoms with Crippen LogP contribution in [0.1, 0.15) is 91.2 Å². The van der Waals surface area contributed by atoms with E-state index in [2.05, 4.69) is 79.3 Å². The van der Waals surface area contributed by atoms with Crippen LogP contribution in [0.5, 0.6) is 0 Å². The number of pyridine rings is 2. The molecule has 36 heavy (non-hydrogen) atoms. The number of benzene rings is 2. The second-order valence-corrected chi connectivity index (χ2v) is 11.2. The van der Waals surface area contributed by atoms with Crippen LogP contribution in [0.25, 0.3) is 22.3 Å². The van der Waals surface area contributed by atoms with E-state index in [0.29, 0.717) is 17.8 Å². The standard InChI is InChI=1S/C34H36N2/c1-22(2)31-20-28-8-7-27(32(28)21-33(31)25-11-15-35-16-12-25)19-23(3)29-10-9-24-5-4-6-30(24)34(29)26-13-17-36-18-14-26/h9-18,20-23,27H,4-8,19H2,1-3H3. The Labute approximate surface area is 215 Å². The van der Waals surface area contributed by atoms with Crippen molar-refractivity contribution >= 4 is 0 Å². The first kappa shape index (κ1) is 23.2. The molecule has 0 saturated carbocycles. The van der Waals surface area contributed by atoms with Crippen molar-refractivity contribution in [2.45, 2.75) is 77.0 Å². The first-order valence-corrected chi connectivity index (χ1v) is 13.7. The summed E-state index contributed by atoms with van der Waals surface area (Å²) in [4.78, 5) is 8.56. The molecule has 0 N–H and O–H groups in total. The summed E-state index contributed by atoms with van der Waals surface area (Å²) in [5.41, 5.74) is 14.8.